The largest absolute Gasteiger partial charge is 0.269 e. The third kappa shape index (κ3) is 3.25. The summed E-state index contributed by atoms with van der Waals surface area (Å²) in [6.07, 6.45) is 0. The highest BCUT2D eigenvalue weighted by atomic mass is 35.5. The predicted molar refractivity (Wildman–Crippen MR) is 98.5 cm³/mol. The summed E-state index contributed by atoms with van der Waals surface area (Å²) >= 11 is 7.31. The van der Waals surface area contributed by atoms with Crippen molar-refractivity contribution in [2.24, 2.45) is 0 Å². The zero-order chi connectivity index (χ0) is 17.1. The Labute approximate surface area is 150 Å². The number of rotatable bonds is 5. The minimum Gasteiger partial charge on any atom is -0.269 e. The average molecular weight is 358 g/mol. The van der Waals surface area contributed by atoms with Crippen molar-refractivity contribution in [1.29, 1.82) is 0 Å². The second kappa shape index (κ2) is 7.24. The molecular formula is C19H16ClNO2S. The Morgan fingerprint density at radius 2 is 1.62 bits per heavy atom. The van der Waals surface area contributed by atoms with E-state index in [1.54, 1.807) is 12.1 Å². The molecule has 0 spiro atoms. The van der Waals surface area contributed by atoms with Gasteiger partial charge in [0.15, 0.2) is 0 Å². The Morgan fingerprint density at radius 1 is 0.958 bits per heavy atom. The first-order valence-corrected chi connectivity index (χ1v) is 9.01. The first-order valence-electron chi connectivity index (χ1n) is 7.65. The standard InChI is InChI=1S/C19H16ClNO2S/c1-2-24-17-16(14-6-4-3-5-7-14)18(22)21(19(17)23)12-13-8-10-15(20)11-9-13/h3-11H,2,12H2,1H3. The van der Waals surface area contributed by atoms with Crippen LogP contribution in [-0.2, 0) is 16.1 Å². The van der Waals surface area contributed by atoms with Crippen LogP contribution in [0.5, 0.6) is 0 Å². The summed E-state index contributed by atoms with van der Waals surface area (Å²) in [5.74, 6) is 0.275. The molecule has 24 heavy (non-hydrogen) atoms. The summed E-state index contributed by atoms with van der Waals surface area (Å²) < 4.78 is 0. The molecule has 0 fully saturated rings. The van der Waals surface area contributed by atoms with Crippen molar-refractivity contribution in [3.05, 3.63) is 75.7 Å². The minimum atomic E-state index is -0.239. The summed E-state index contributed by atoms with van der Waals surface area (Å²) in [7, 11) is 0. The molecule has 2 aromatic carbocycles. The van der Waals surface area contributed by atoms with E-state index in [1.807, 2.05) is 49.4 Å². The van der Waals surface area contributed by atoms with E-state index in [4.69, 9.17) is 11.6 Å². The van der Waals surface area contributed by atoms with E-state index in [2.05, 4.69) is 0 Å². The topological polar surface area (TPSA) is 37.4 Å². The van der Waals surface area contributed by atoms with Gasteiger partial charge in [-0.15, -0.1) is 11.8 Å². The lowest BCUT2D eigenvalue weighted by Crippen LogP contribution is -2.30. The Balaban J connectivity index is 1.94. The zero-order valence-electron chi connectivity index (χ0n) is 13.2. The number of nitrogens with zero attached hydrogens (tertiary/aromatic N) is 1. The van der Waals surface area contributed by atoms with Gasteiger partial charge >= 0.3 is 0 Å². The second-order valence-corrected chi connectivity index (χ2v) is 7.04. The average Bonchev–Trinajstić information content (AvgIpc) is 2.82. The Bertz CT molecular complexity index is 800. The molecule has 0 unspecified atom stereocenters. The molecule has 1 aliphatic rings. The van der Waals surface area contributed by atoms with Crippen LogP contribution < -0.4 is 0 Å². The van der Waals surface area contributed by atoms with Gasteiger partial charge in [0, 0.05) is 5.02 Å². The minimum absolute atomic E-state index is 0.222. The van der Waals surface area contributed by atoms with Gasteiger partial charge in [-0.2, -0.15) is 0 Å². The number of imide groups is 1. The molecule has 0 atom stereocenters. The molecule has 5 heteroatoms. The number of carbonyl (C=O) groups excluding carboxylic acids is 2. The molecule has 1 aliphatic heterocycles. The highest BCUT2D eigenvalue weighted by Gasteiger charge is 2.38. The number of benzene rings is 2. The second-order valence-electron chi connectivity index (χ2n) is 5.33. The van der Waals surface area contributed by atoms with Crippen LogP contribution in [0.4, 0.5) is 0 Å². The summed E-state index contributed by atoms with van der Waals surface area (Å²) in [5.41, 5.74) is 2.16. The summed E-state index contributed by atoms with van der Waals surface area (Å²) in [6, 6.07) is 16.5. The van der Waals surface area contributed by atoms with Gasteiger partial charge in [0.25, 0.3) is 11.8 Å². The molecule has 3 nitrogen and oxygen atoms in total. The fourth-order valence-corrected chi connectivity index (χ4v) is 3.61. The number of amides is 2. The summed E-state index contributed by atoms with van der Waals surface area (Å²) in [6.45, 7) is 2.22. The lowest BCUT2D eigenvalue weighted by atomic mass is 10.1. The molecule has 0 aromatic heterocycles. The van der Waals surface area contributed by atoms with Crippen LogP contribution in [0.1, 0.15) is 18.1 Å². The van der Waals surface area contributed by atoms with Crippen molar-refractivity contribution in [3.63, 3.8) is 0 Å². The lowest BCUT2D eigenvalue weighted by Gasteiger charge is -2.15. The van der Waals surface area contributed by atoms with E-state index in [1.165, 1.54) is 16.7 Å². The van der Waals surface area contributed by atoms with Crippen molar-refractivity contribution < 1.29 is 9.59 Å². The number of carbonyl (C=O) groups is 2. The molecule has 0 N–H and O–H groups in total. The molecule has 0 bridgehead atoms. The Hall–Kier alpha value is -2.04. The normalized spacial score (nSPS) is 14.7. The van der Waals surface area contributed by atoms with Crippen molar-refractivity contribution in [1.82, 2.24) is 4.90 Å². The number of halogens is 1. The van der Waals surface area contributed by atoms with Gasteiger partial charge in [-0.05, 0) is 29.0 Å². The van der Waals surface area contributed by atoms with E-state index >= 15 is 0 Å². The molecular weight excluding hydrogens is 342 g/mol. The molecule has 2 aromatic rings. The third-order valence-corrected chi connectivity index (χ3v) is 4.94. The first kappa shape index (κ1) is 16.8. The number of hydrogen-bond acceptors (Lipinski definition) is 3. The van der Waals surface area contributed by atoms with Crippen LogP contribution in [0, 0.1) is 0 Å². The van der Waals surface area contributed by atoms with E-state index in [9.17, 15) is 9.59 Å². The van der Waals surface area contributed by atoms with Gasteiger partial charge in [0.05, 0.1) is 17.0 Å². The van der Waals surface area contributed by atoms with E-state index < -0.39 is 0 Å². The number of thioether (sulfide) groups is 1. The quantitative estimate of drug-likeness (QED) is 0.745. The highest BCUT2D eigenvalue weighted by Crippen LogP contribution is 2.36. The molecule has 0 radical (unpaired) electrons. The molecule has 0 saturated heterocycles. The van der Waals surface area contributed by atoms with Gasteiger partial charge in [0.1, 0.15) is 0 Å². The van der Waals surface area contributed by atoms with Gasteiger partial charge in [-0.1, -0.05) is 61.0 Å². The molecule has 3 rings (SSSR count). The van der Waals surface area contributed by atoms with Crippen LogP contribution in [-0.4, -0.2) is 22.5 Å². The maximum absolute atomic E-state index is 12.9. The maximum Gasteiger partial charge on any atom is 0.268 e. The highest BCUT2D eigenvalue weighted by molar-refractivity contribution is 8.04. The Morgan fingerprint density at radius 3 is 2.25 bits per heavy atom. The maximum atomic E-state index is 12.9. The fourth-order valence-electron chi connectivity index (χ4n) is 2.61. The van der Waals surface area contributed by atoms with E-state index in [0.29, 0.717) is 15.5 Å². The van der Waals surface area contributed by atoms with Crippen LogP contribution in [0.15, 0.2) is 59.5 Å². The monoisotopic (exact) mass is 357 g/mol. The van der Waals surface area contributed by atoms with Crippen molar-refractivity contribution >= 4 is 40.8 Å². The molecule has 2 amide bonds. The van der Waals surface area contributed by atoms with Crippen molar-refractivity contribution in [2.75, 3.05) is 5.75 Å². The smallest absolute Gasteiger partial charge is 0.268 e. The first-order chi connectivity index (χ1) is 11.6. The molecule has 0 aliphatic carbocycles. The lowest BCUT2D eigenvalue weighted by molar-refractivity contribution is -0.137. The van der Waals surface area contributed by atoms with Gasteiger partial charge in [0.2, 0.25) is 0 Å². The van der Waals surface area contributed by atoms with E-state index in [0.717, 1.165) is 16.9 Å². The van der Waals surface area contributed by atoms with E-state index in [-0.39, 0.29) is 18.4 Å². The zero-order valence-corrected chi connectivity index (χ0v) is 14.7. The van der Waals surface area contributed by atoms with Crippen LogP contribution >= 0.6 is 23.4 Å². The Kier molecular flexibility index (Phi) is 5.07. The van der Waals surface area contributed by atoms with Crippen LogP contribution in [0.25, 0.3) is 5.57 Å². The molecule has 1 heterocycles. The van der Waals surface area contributed by atoms with Crippen molar-refractivity contribution in [2.45, 2.75) is 13.5 Å². The van der Waals surface area contributed by atoms with Gasteiger partial charge < -0.3 is 0 Å². The van der Waals surface area contributed by atoms with Crippen LogP contribution in [0.3, 0.4) is 0 Å². The summed E-state index contributed by atoms with van der Waals surface area (Å²) in [5, 5.41) is 0.628. The van der Waals surface area contributed by atoms with Crippen LogP contribution in [0.2, 0.25) is 5.02 Å². The predicted octanol–water partition coefficient (Wildman–Crippen LogP) is 4.37. The SMILES string of the molecule is CCSC1=C(c2ccccc2)C(=O)N(Cc2ccc(Cl)cc2)C1=O. The number of hydrogen-bond donors (Lipinski definition) is 0. The third-order valence-electron chi connectivity index (χ3n) is 3.73. The van der Waals surface area contributed by atoms with Gasteiger partial charge in [-0.25, -0.2) is 0 Å². The molecule has 122 valence electrons. The van der Waals surface area contributed by atoms with Crippen molar-refractivity contribution in [3.8, 4) is 0 Å². The summed E-state index contributed by atoms with van der Waals surface area (Å²) in [4.78, 5) is 27.5. The molecule has 0 saturated carbocycles. The fraction of sp³-hybridized carbons (Fsp3) is 0.158. The van der Waals surface area contributed by atoms with Gasteiger partial charge in [-0.3, -0.25) is 14.5 Å².